The highest BCUT2D eigenvalue weighted by Gasteiger charge is 2.60. The van der Waals surface area contributed by atoms with E-state index in [9.17, 15) is 9.90 Å². The van der Waals surface area contributed by atoms with Gasteiger partial charge in [-0.15, -0.1) is 0 Å². The van der Waals surface area contributed by atoms with Gasteiger partial charge in [-0.05, 0) is 67.6 Å². The van der Waals surface area contributed by atoms with Gasteiger partial charge in [0.25, 0.3) is 0 Å². The summed E-state index contributed by atoms with van der Waals surface area (Å²) in [5, 5.41) is 10.4. The highest BCUT2D eigenvalue weighted by atomic mass is 16.5. The molecule has 1 heterocycles. The van der Waals surface area contributed by atoms with E-state index in [1.54, 1.807) is 0 Å². The molecular formula is C18H28O3. The third-order valence-corrected chi connectivity index (χ3v) is 7.97. The van der Waals surface area contributed by atoms with Gasteiger partial charge >= 0.3 is 5.97 Å². The molecule has 3 heteroatoms. The highest BCUT2D eigenvalue weighted by Crippen LogP contribution is 2.64. The molecule has 0 aromatic heterocycles. The molecule has 0 unspecified atom stereocenters. The molecule has 4 rings (SSSR count). The summed E-state index contributed by atoms with van der Waals surface area (Å²) < 4.78 is 5.47. The van der Waals surface area contributed by atoms with Crippen LogP contribution in [0.4, 0.5) is 0 Å². The van der Waals surface area contributed by atoms with Gasteiger partial charge in [0.1, 0.15) is 0 Å². The number of rotatable bonds is 0. The summed E-state index contributed by atoms with van der Waals surface area (Å²) in [7, 11) is 0. The van der Waals surface area contributed by atoms with Crippen LogP contribution in [0.2, 0.25) is 0 Å². The predicted molar refractivity (Wildman–Crippen MR) is 79.5 cm³/mol. The Kier molecular flexibility index (Phi) is 2.99. The van der Waals surface area contributed by atoms with E-state index in [1.165, 1.54) is 25.7 Å². The summed E-state index contributed by atoms with van der Waals surface area (Å²) in [6.07, 6.45) is 7.50. The molecule has 0 spiro atoms. The molecule has 118 valence electrons. The fraction of sp³-hybridized carbons (Fsp3) is 0.944. The maximum absolute atomic E-state index is 11.6. The maximum Gasteiger partial charge on any atom is 0.306 e. The van der Waals surface area contributed by atoms with Gasteiger partial charge in [-0.25, -0.2) is 0 Å². The lowest BCUT2D eigenvalue weighted by Gasteiger charge is -2.59. The molecule has 0 radical (unpaired) electrons. The van der Waals surface area contributed by atoms with Gasteiger partial charge in [-0.2, -0.15) is 0 Å². The second kappa shape index (κ2) is 4.47. The number of cyclic esters (lactones) is 1. The summed E-state index contributed by atoms with van der Waals surface area (Å²) in [5.74, 6) is 2.64. The zero-order valence-corrected chi connectivity index (χ0v) is 13.3. The summed E-state index contributed by atoms with van der Waals surface area (Å²) in [5.41, 5.74) is 0.335. The Labute approximate surface area is 127 Å². The third kappa shape index (κ3) is 1.79. The standard InChI is InChI=1S/C18H28O3/c1-17-8-7-14-12(13(17)5-6-15(17)19)4-3-11-9-16(20)21-10-18(11,14)2/h11-15,19H,3-10H2,1-2H3/t11-,12+,13-,14+,15-,17-,18-/m0/s1. The summed E-state index contributed by atoms with van der Waals surface area (Å²) in [6, 6.07) is 0. The second-order valence-corrected chi connectivity index (χ2v) is 8.66. The lowest BCUT2D eigenvalue weighted by molar-refractivity contribution is -0.181. The van der Waals surface area contributed by atoms with Gasteiger partial charge in [-0.1, -0.05) is 13.8 Å². The molecule has 0 aromatic rings. The van der Waals surface area contributed by atoms with Gasteiger partial charge < -0.3 is 9.84 Å². The van der Waals surface area contributed by atoms with Crippen molar-refractivity contribution in [3.63, 3.8) is 0 Å². The first-order valence-electron chi connectivity index (χ1n) is 8.79. The quantitative estimate of drug-likeness (QED) is 0.698. The summed E-state index contributed by atoms with van der Waals surface area (Å²) in [4.78, 5) is 11.6. The van der Waals surface area contributed by atoms with Crippen LogP contribution >= 0.6 is 0 Å². The number of aliphatic hydroxyl groups is 1. The minimum absolute atomic E-state index is 0.00728. The van der Waals surface area contributed by atoms with Gasteiger partial charge in [0.15, 0.2) is 0 Å². The Balaban J connectivity index is 1.64. The maximum atomic E-state index is 11.6. The normalized spacial score (nSPS) is 56.1. The van der Waals surface area contributed by atoms with Crippen LogP contribution in [-0.2, 0) is 9.53 Å². The third-order valence-electron chi connectivity index (χ3n) is 7.97. The molecular weight excluding hydrogens is 264 g/mol. The highest BCUT2D eigenvalue weighted by molar-refractivity contribution is 5.70. The lowest BCUT2D eigenvalue weighted by Crippen LogP contribution is -2.56. The smallest absolute Gasteiger partial charge is 0.306 e. The number of carbonyl (C=O) groups excluding carboxylic acids is 1. The average molecular weight is 292 g/mol. The number of hydrogen-bond acceptors (Lipinski definition) is 3. The van der Waals surface area contributed by atoms with Gasteiger partial charge in [-0.3, -0.25) is 4.79 Å². The molecule has 4 aliphatic rings. The van der Waals surface area contributed by atoms with E-state index >= 15 is 0 Å². The van der Waals surface area contributed by atoms with Crippen molar-refractivity contribution in [1.29, 1.82) is 0 Å². The molecule has 3 aliphatic carbocycles. The van der Waals surface area contributed by atoms with Crippen LogP contribution in [0, 0.1) is 34.5 Å². The van der Waals surface area contributed by atoms with Crippen LogP contribution in [0.1, 0.15) is 58.8 Å². The van der Waals surface area contributed by atoms with Crippen molar-refractivity contribution in [2.75, 3.05) is 6.61 Å². The van der Waals surface area contributed by atoms with Crippen LogP contribution in [0.5, 0.6) is 0 Å². The Hall–Kier alpha value is -0.570. The van der Waals surface area contributed by atoms with Crippen molar-refractivity contribution >= 4 is 5.97 Å². The minimum Gasteiger partial charge on any atom is -0.465 e. The molecule has 21 heavy (non-hydrogen) atoms. The van der Waals surface area contributed by atoms with Crippen molar-refractivity contribution in [2.45, 2.75) is 64.9 Å². The Morgan fingerprint density at radius 3 is 2.62 bits per heavy atom. The van der Waals surface area contributed by atoms with Crippen molar-refractivity contribution < 1.29 is 14.6 Å². The van der Waals surface area contributed by atoms with Gasteiger partial charge in [0, 0.05) is 11.8 Å². The van der Waals surface area contributed by atoms with E-state index in [2.05, 4.69) is 13.8 Å². The van der Waals surface area contributed by atoms with Crippen molar-refractivity contribution in [2.24, 2.45) is 34.5 Å². The molecule has 1 saturated heterocycles. The molecule has 1 N–H and O–H groups in total. The van der Waals surface area contributed by atoms with Crippen LogP contribution in [-0.4, -0.2) is 23.8 Å². The number of fused-ring (bicyclic) bond motifs is 5. The van der Waals surface area contributed by atoms with E-state index < -0.39 is 0 Å². The Morgan fingerprint density at radius 1 is 1.05 bits per heavy atom. The zero-order chi connectivity index (χ0) is 14.8. The number of ether oxygens (including phenoxy) is 1. The van der Waals surface area contributed by atoms with E-state index in [0.717, 1.165) is 18.8 Å². The van der Waals surface area contributed by atoms with Gasteiger partial charge in [0.05, 0.1) is 12.7 Å². The SMILES string of the molecule is C[C@]12COC(=O)C[C@@H]1CC[C@H]1[C@H]2CC[C@]2(C)[C@@H](O)CC[C@@H]12. The molecule has 3 nitrogen and oxygen atoms in total. The summed E-state index contributed by atoms with van der Waals surface area (Å²) in [6.45, 7) is 5.32. The number of hydrogen-bond donors (Lipinski definition) is 1. The van der Waals surface area contributed by atoms with E-state index in [4.69, 9.17) is 4.74 Å². The first-order valence-corrected chi connectivity index (χ1v) is 8.79. The molecule has 3 saturated carbocycles. The first-order chi connectivity index (χ1) is 9.95. The van der Waals surface area contributed by atoms with Crippen LogP contribution < -0.4 is 0 Å². The summed E-state index contributed by atoms with van der Waals surface area (Å²) >= 11 is 0. The van der Waals surface area contributed by atoms with Crippen molar-refractivity contribution in [3.05, 3.63) is 0 Å². The van der Waals surface area contributed by atoms with E-state index in [-0.39, 0.29) is 22.9 Å². The molecule has 7 atom stereocenters. The fourth-order valence-corrected chi connectivity index (χ4v) is 6.56. The Bertz CT molecular complexity index is 461. The van der Waals surface area contributed by atoms with Crippen molar-refractivity contribution in [1.82, 2.24) is 0 Å². The topological polar surface area (TPSA) is 46.5 Å². The molecule has 0 amide bonds. The fourth-order valence-electron chi connectivity index (χ4n) is 6.56. The number of carbonyl (C=O) groups is 1. The lowest BCUT2D eigenvalue weighted by atomic mass is 9.47. The van der Waals surface area contributed by atoms with Crippen molar-refractivity contribution in [3.8, 4) is 0 Å². The monoisotopic (exact) mass is 292 g/mol. The van der Waals surface area contributed by atoms with Gasteiger partial charge in [0.2, 0.25) is 0 Å². The predicted octanol–water partition coefficient (Wildman–Crippen LogP) is 3.15. The average Bonchev–Trinajstić information content (AvgIpc) is 2.76. The molecule has 1 aliphatic heterocycles. The second-order valence-electron chi connectivity index (χ2n) is 8.66. The van der Waals surface area contributed by atoms with Crippen LogP contribution in [0.15, 0.2) is 0 Å². The number of esters is 1. The largest absolute Gasteiger partial charge is 0.465 e. The minimum atomic E-state index is -0.0989. The van der Waals surface area contributed by atoms with E-state index in [0.29, 0.717) is 30.8 Å². The molecule has 0 aromatic carbocycles. The molecule has 0 bridgehead atoms. The number of aliphatic hydroxyl groups excluding tert-OH is 1. The molecule has 4 fully saturated rings. The first kappa shape index (κ1) is 14.0. The Morgan fingerprint density at radius 2 is 1.81 bits per heavy atom. The van der Waals surface area contributed by atoms with E-state index in [1.807, 2.05) is 0 Å². The van der Waals surface area contributed by atoms with Crippen LogP contribution in [0.3, 0.4) is 0 Å². The van der Waals surface area contributed by atoms with Crippen LogP contribution in [0.25, 0.3) is 0 Å². The zero-order valence-electron chi connectivity index (χ0n) is 13.3.